The van der Waals surface area contributed by atoms with E-state index in [0.717, 1.165) is 0 Å². The zero-order valence-electron chi connectivity index (χ0n) is 10.7. The summed E-state index contributed by atoms with van der Waals surface area (Å²) in [4.78, 5) is 24.3. The smallest absolute Gasteiger partial charge is 0.343 e. The van der Waals surface area contributed by atoms with E-state index in [2.05, 4.69) is 0 Å². The van der Waals surface area contributed by atoms with Crippen LogP contribution in [0, 0.1) is 5.41 Å². The fraction of sp³-hybridized carbons (Fsp3) is 0.333. The van der Waals surface area contributed by atoms with E-state index in [-0.39, 0.29) is 11.2 Å². The molecule has 98 valence electrons. The predicted molar refractivity (Wildman–Crippen MR) is 73.9 cm³/mol. The van der Waals surface area contributed by atoms with Crippen molar-refractivity contribution in [2.24, 2.45) is 5.41 Å². The van der Waals surface area contributed by atoms with Gasteiger partial charge in [-0.3, -0.25) is 4.79 Å². The Labute approximate surface area is 115 Å². The van der Waals surface area contributed by atoms with Crippen LogP contribution in [0.15, 0.2) is 27.4 Å². The van der Waals surface area contributed by atoms with Gasteiger partial charge in [-0.15, -0.1) is 0 Å². The Morgan fingerprint density at radius 3 is 2.63 bits per heavy atom. The molecule has 0 bridgehead atoms. The second kappa shape index (κ2) is 3.94. The molecular weight excluding hydrogens is 264 g/mol. The summed E-state index contributed by atoms with van der Waals surface area (Å²) < 4.78 is 5.34. The molecule has 3 rings (SSSR count). The molecule has 0 radical (unpaired) electrons. The molecule has 0 N–H and O–H groups in total. The number of fused-ring (bicyclic) bond motifs is 3. The van der Waals surface area contributed by atoms with Crippen LogP contribution in [0.4, 0.5) is 0 Å². The SMILES string of the molecule is CC1(C)CC(=O)c2c(oc(=O)c3cc(Cl)ccc23)C1. The minimum absolute atomic E-state index is 0.0299. The van der Waals surface area contributed by atoms with Crippen molar-refractivity contribution in [3.05, 3.63) is 45.0 Å². The summed E-state index contributed by atoms with van der Waals surface area (Å²) in [6.45, 7) is 4.00. The van der Waals surface area contributed by atoms with Crippen molar-refractivity contribution in [3.8, 4) is 0 Å². The summed E-state index contributed by atoms with van der Waals surface area (Å²) in [6.07, 6.45) is 1.06. The average Bonchev–Trinajstić information content (AvgIpc) is 2.27. The number of Topliss-reactive ketones (excluding diaryl/α,β-unsaturated/α-hetero) is 1. The Morgan fingerprint density at radius 2 is 1.89 bits per heavy atom. The van der Waals surface area contributed by atoms with Gasteiger partial charge in [0.05, 0.1) is 10.9 Å². The molecule has 1 heterocycles. The molecule has 0 aliphatic heterocycles. The molecule has 0 saturated heterocycles. The molecule has 0 amide bonds. The zero-order chi connectivity index (χ0) is 13.8. The lowest BCUT2D eigenvalue weighted by Gasteiger charge is -2.29. The normalized spacial score (nSPS) is 17.5. The van der Waals surface area contributed by atoms with Gasteiger partial charge in [0.25, 0.3) is 0 Å². The van der Waals surface area contributed by atoms with Crippen molar-refractivity contribution in [1.82, 2.24) is 0 Å². The largest absolute Gasteiger partial charge is 0.427 e. The highest BCUT2D eigenvalue weighted by atomic mass is 35.5. The Kier molecular flexibility index (Phi) is 2.58. The Hall–Kier alpha value is -1.61. The van der Waals surface area contributed by atoms with Gasteiger partial charge in [0.15, 0.2) is 5.78 Å². The van der Waals surface area contributed by atoms with Gasteiger partial charge in [0.2, 0.25) is 0 Å². The summed E-state index contributed by atoms with van der Waals surface area (Å²) in [5.74, 6) is 0.531. The van der Waals surface area contributed by atoms with Crippen molar-refractivity contribution in [1.29, 1.82) is 0 Å². The third kappa shape index (κ3) is 1.98. The lowest BCUT2D eigenvalue weighted by Crippen LogP contribution is -2.28. The van der Waals surface area contributed by atoms with E-state index in [1.807, 2.05) is 13.8 Å². The fourth-order valence-electron chi connectivity index (χ4n) is 2.72. The monoisotopic (exact) mass is 276 g/mol. The van der Waals surface area contributed by atoms with E-state index in [4.69, 9.17) is 16.0 Å². The van der Waals surface area contributed by atoms with E-state index in [9.17, 15) is 9.59 Å². The van der Waals surface area contributed by atoms with Gasteiger partial charge < -0.3 is 4.42 Å². The van der Waals surface area contributed by atoms with Crippen molar-refractivity contribution in [2.45, 2.75) is 26.7 Å². The van der Waals surface area contributed by atoms with Crippen LogP contribution < -0.4 is 5.63 Å². The van der Waals surface area contributed by atoms with Gasteiger partial charge in [-0.2, -0.15) is 0 Å². The fourth-order valence-corrected chi connectivity index (χ4v) is 2.89. The van der Waals surface area contributed by atoms with Crippen LogP contribution in [0.1, 0.15) is 36.4 Å². The van der Waals surface area contributed by atoms with E-state index in [0.29, 0.717) is 40.0 Å². The number of hydrogen-bond donors (Lipinski definition) is 0. The molecule has 0 spiro atoms. The third-order valence-corrected chi connectivity index (χ3v) is 3.76. The number of hydrogen-bond acceptors (Lipinski definition) is 3. The summed E-state index contributed by atoms with van der Waals surface area (Å²) >= 11 is 5.89. The van der Waals surface area contributed by atoms with E-state index in [1.165, 1.54) is 0 Å². The van der Waals surface area contributed by atoms with Crippen molar-refractivity contribution in [2.75, 3.05) is 0 Å². The molecular formula is C15H13ClO3. The quantitative estimate of drug-likeness (QED) is 0.738. The predicted octanol–water partition coefficient (Wildman–Crippen LogP) is 3.60. The number of carbonyl (C=O) groups is 1. The third-order valence-electron chi connectivity index (χ3n) is 3.52. The standard InChI is InChI=1S/C15H13ClO3/c1-15(2)6-11(17)13-9-4-3-8(16)5-10(9)14(18)19-12(13)7-15/h3-5H,6-7H2,1-2H3. The van der Waals surface area contributed by atoms with Crippen molar-refractivity contribution >= 4 is 28.2 Å². The highest BCUT2D eigenvalue weighted by Gasteiger charge is 2.34. The molecule has 19 heavy (non-hydrogen) atoms. The van der Waals surface area contributed by atoms with E-state index < -0.39 is 5.63 Å². The van der Waals surface area contributed by atoms with Crippen LogP contribution in [0.25, 0.3) is 10.8 Å². The maximum atomic E-state index is 12.3. The van der Waals surface area contributed by atoms with Crippen LogP contribution in [-0.2, 0) is 6.42 Å². The molecule has 1 aliphatic carbocycles. The zero-order valence-corrected chi connectivity index (χ0v) is 11.5. The number of ketones is 1. The van der Waals surface area contributed by atoms with Gasteiger partial charge in [-0.25, -0.2) is 4.79 Å². The van der Waals surface area contributed by atoms with Crippen LogP contribution in [0.3, 0.4) is 0 Å². The maximum absolute atomic E-state index is 12.3. The van der Waals surface area contributed by atoms with E-state index in [1.54, 1.807) is 18.2 Å². The topological polar surface area (TPSA) is 47.3 Å². The number of benzene rings is 1. The van der Waals surface area contributed by atoms with Gasteiger partial charge in [-0.1, -0.05) is 31.5 Å². The second-order valence-electron chi connectivity index (χ2n) is 5.82. The summed E-state index contributed by atoms with van der Waals surface area (Å²) in [5, 5.41) is 1.48. The van der Waals surface area contributed by atoms with Crippen molar-refractivity contribution in [3.63, 3.8) is 0 Å². The molecule has 0 fully saturated rings. The van der Waals surface area contributed by atoms with Crippen LogP contribution in [0.5, 0.6) is 0 Å². The lowest BCUT2D eigenvalue weighted by molar-refractivity contribution is 0.0900. The first-order valence-electron chi connectivity index (χ1n) is 6.16. The number of rotatable bonds is 0. The van der Waals surface area contributed by atoms with Gasteiger partial charge >= 0.3 is 5.63 Å². The van der Waals surface area contributed by atoms with E-state index >= 15 is 0 Å². The summed E-state index contributed by atoms with van der Waals surface area (Å²) in [6, 6.07) is 4.97. The second-order valence-corrected chi connectivity index (χ2v) is 6.25. The average molecular weight is 277 g/mol. The maximum Gasteiger partial charge on any atom is 0.343 e. The van der Waals surface area contributed by atoms with Gasteiger partial charge in [0.1, 0.15) is 5.76 Å². The molecule has 4 heteroatoms. The number of carbonyl (C=O) groups excluding carboxylic acids is 1. The summed E-state index contributed by atoms with van der Waals surface area (Å²) in [5.41, 5.74) is -0.0486. The molecule has 0 unspecified atom stereocenters. The Morgan fingerprint density at radius 1 is 1.16 bits per heavy atom. The number of halogens is 1. The van der Waals surface area contributed by atoms with Crippen LogP contribution >= 0.6 is 11.6 Å². The Balaban J connectivity index is 2.39. The lowest BCUT2D eigenvalue weighted by atomic mass is 9.75. The van der Waals surface area contributed by atoms with Crippen LogP contribution in [0.2, 0.25) is 5.02 Å². The van der Waals surface area contributed by atoms with Crippen LogP contribution in [-0.4, -0.2) is 5.78 Å². The van der Waals surface area contributed by atoms with Gasteiger partial charge in [0, 0.05) is 23.3 Å². The molecule has 2 aromatic rings. The van der Waals surface area contributed by atoms with Gasteiger partial charge in [-0.05, 0) is 17.5 Å². The first kappa shape index (κ1) is 12.4. The molecule has 3 nitrogen and oxygen atoms in total. The highest BCUT2D eigenvalue weighted by Crippen LogP contribution is 2.37. The first-order chi connectivity index (χ1) is 8.87. The first-order valence-corrected chi connectivity index (χ1v) is 6.54. The summed E-state index contributed by atoms with van der Waals surface area (Å²) in [7, 11) is 0. The highest BCUT2D eigenvalue weighted by molar-refractivity contribution is 6.31. The Bertz CT molecular complexity index is 756. The minimum atomic E-state index is -0.429. The molecule has 1 aromatic heterocycles. The molecule has 0 saturated carbocycles. The minimum Gasteiger partial charge on any atom is -0.427 e. The molecule has 1 aromatic carbocycles. The molecule has 1 aliphatic rings. The van der Waals surface area contributed by atoms with Crippen molar-refractivity contribution < 1.29 is 9.21 Å². The molecule has 0 atom stereocenters.